The minimum atomic E-state index is -4.38. The van der Waals surface area contributed by atoms with Crippen LogP contribution in [0.15, 0.2) is 41.1 Å². The van der Waals surface area contributed by atoms with E-state index >= 15 is 0 Å². The predicted molar refractivity (Wildman–Crippen MR) is 85.6 cm³/mol. The molecule has 0 unspecified atom stereocenters. The molecule has 0 fully saturated rings. The van der Waals surface area contributed by atoms with E-state index in [9.17, 15) is 18.0 Å². The zero-order chi connectivity index (χ0) is 18.0. The number of nitrogens with one attached hydrogen (secondary N) is 1. The van der Waals surface area contributed by atoms with Crippen LogP contribution in [0.4, 0.5) is 18.3 Å². The van der Waals surface area contributed by atoms with Crippen LogP contribution in [-0.4, -0.2) is 16.0 Å². The van der Waals surface area contributed by atoms with Crippen LogP contribution in [0.1, 0.15) is 32.3 Å². The van der Waals surface area contributed by atoms with Gasteiger partial charge < -0.3 is 4.52 Å². The Labute approximate surface area is 144 Å². The standard InChI is InChI=1S/C16H12F3N3O2S/c1-9-5-13(24-22-9)14(23)21-15-20-8-12(25-15)7-10-3-2-4-11(6-10)16(17,18)19/h2-6,8H,7H2,1H3,(H,20,21,23). The van der Waals surface area contributed by atoms with Crippen LogP contribution < -0.4 is 5.32 Å². The number of aryl methyl sites for hydroxylation is 1. The van der Waals surface area contributed by atoms with Gasteiger partial charge >= 0.3 is 6.18 Å². The number of hydrogen-bond acceptors (Lipinski definition) is 5. The molecule has 0 atom stereocenters. The van der Waals surface area contributed by atoms with Crippen molar-refractivity contribution < 1.29 is 22.5 Å². The van der Waals surface area contributed by atoms with Crippen LogP contribution in [0, 0.1) is 6.92 Å². The number of carbonyl (C=O) groups excluding carboxylic acids is 1. The molecule has 2 heterocycles. The van der Waals surface area contributed by atoms with Gasteiger partial charge in [-0.25, -0.2) is 4.98 Å². The molecule has 0 aliphatic rings. The molecule has 3 aromatic rings. The van der Waals surface area contributed by atoms with Crippen molar-refractivity contribution in [2.24, 2.45) is 0 Å². The van der Waals surface area contributed by atoms with Gasteiger partial charge in [0.25, 0.3) is 5.91 Å². The average Bonchev–Trinajstić information content (AvgIpc) is 3.16. The number of nitrogens with zero attached hydrogens (tertiary/aromatic N) is 2. The first-order chi connectivity index (χ1) is 11.8. The highest BCUT2D eigenvalue weighted by Gasteiger charge is 2.30. The number of aromatic nitrogens is 2. The third-order valence-corrected chi connectivity index (χ3v) is 4.17. The van der Waals surface area contributed by atoms with Crippen LogP contribution in [0.3, 0.4) is 0 Å². The first-order valence-corrected chi connectivity index (χ1v) is 7.98. The Bertz CT molecular complexity index is 902. The van der Waals surface area contributed by atoms with E-state index in [1.807, 2.05) is 0 Å². The highest BCUT2D eigenvalue weighted by molar-refractivity contribution is 7.15. The van der Waals surface area contributed by atoms with Gasteiger partial charge in [-0.15, -0.1) is 11.3 Å². The van der Waals surface area contributed by atoms with E-state index in [4.69, 9.17) is 4.52 Å². The number of carbonyl (C=O) groups is 1. The maximum Gasteiger partial charge on any atom is 0.416 e. The molecule has 5 nitrogen and oxygen atoms in total. The van der Waals surface area contributed by atoms with E-state index in [-0.39, 0.29) is 5.76 Å². The summed E-state index contributed by atoms with van der Waals surface area (Å²) in [6, 6.07) is 6.61. The summed E-state index contributed by atoms with van der Waals surface area (Å²) in [5.41, 5.74) is 0.403. The molecule has 130 valence electrons. The van der Waals surface area contributed by atoms with E-state index in [0.29, 0.717) is 22.8 Å². The molecule has 0 aliphatic heterocycles. The molecule has 0 bridgehead atoms. The van der Waals surface area contributed by atoms with Crippen LogP contribution in [-0.2, 0) is 12.6 Å². The quantitative estimate of drug-likeness (QED) is 0.746. The molecular weight excluding hydrogens is 355 g/mol. The van der Waals surface area contributed by atoms with E-state index in [2.05, 4.69) is 15.5 Å². The van der Waals surface area contributed by atoms with Crippen molar-refractivity contribution >= 4 is 22.4 Å². The molecule has 2 aromatic heterocycles. The lowest BCUT2D eigenvalue weighted by molar-refractivity contribution is -0.137. The number of anilines is 1. The van der Waals surface area contributed by atoms with Crippen LogP contribution in [0.5, 0.6) is 0 Å². The maximum atomic E-state index is 12.7. The van der Waals surface area contributed by atoms with Gasteiger partial charge in [-0.2, -0.15) is 13.2 Å². The lowest BCUT2D eigenvalue weighted by atomic mass is 10.1. The molecule has 0 saturated carbocycles. The largest absolute Gasteiger partial charge is 0.416 e. The van der Waals surface area contributed by atoms with Crippen molar-refractivity contribution in [1.29, 1.82) is 0 Å². The Morgan fingerprint density at radius 2 is 2.12 bits per heavy atom. The molecule has 3 rings (SSSR count). The Morgan fingerprint density at radius 3 is 2.80 bits per heavy atom. The fraction of sp³-hybridized carbons (Fsp3) is 0.188. The van der Waals surface area contributed by atoms with E-state index < -0.39 is 17.6 Å². The smallest absolute Gasteiger partial charge is 0.351 e. The number of thiazole rings is 1. The SMILES string of the molecule is Cc1cc(C(=O)Nc2ncc(Cc3cccc(C(F)(F)F)c3)s2)on1. The summed E-state index contributed by atoms with van der Waals surface area (Å²) in [6.45, 7) is 1.69. The molecule has 0 saturated heterocycles. The number of alkyl halides is 3. The van der Waals surface area contributed by atoms with Crippen molar-refractivity contribution in [3.63, 3.8) is 0 Å². The van der Waals surface area contributed by atoms with Gasteiger partial charge in [0.05, 0.1) is 11.3 Å². The molecule has 1 amide bonds. The van der Waals surface area contributed by atoms with E-state index in [1.54, 1.807) is 13.0 Å². The minimum Gasteiger partial charge on any atom is -0.351 e. The lowest BCUT2D eigenvalue weighted by Gasteiger charge is -2.07. The van der Waals surface area contributed by atoms with Gasteiger partial charge in [0.1, 0.15) is 0 Å². The third kappa shape index (κ3) is 4.24. The second-order valence-electron chi connectivity index (χ2n) is 5.29. The zero-order valence-electron chi connectivity index (χ0n) is 12.9. The maximum absolute atomic E-state index is 12.7. The fourth-order valence-corrected chi connectivity index (χ4v) is 2.98. The second-order valence-corrected chi connectivity index (χ2v) is 6.41. The molecule has 1 aromatic carbocycles. The van der Waals surface area contributed by atoms with Crippen molar-refractivity contribution in [1.82, 2.24) is 10.1 Å². The Morgan fingerprint density at radius 1 is 1.32 bits per heavy atom. The topological polar surface area (TPSA) is 68.0 Å². The highest BCUT2D eigenvalue weighted by Crippen LogP contribution is 2.30. The van der Waals surface area contributed by atoms with Gasteiger partial charge in [0.15, 0.2) is 5.13 Å². The molecule has 0 radical (unpaired) electrons. The van der Waals surface area contributed by atoms with Gasteiger partial charge in [-0.1, -0.05) is 23.4 Å². The highest BCUT2D eigenvalue weighted by atomic mass is 32.1. The summed E-state index contributed by atoms with van der Waals surface area (Å²) in [6.07, 6.45) is -2.57. The number of amides is 1. The van der Waals surface area contributed by atoms with Crippen molar-refractivity contribution in [3.05, 3.63) is 64.0 Å². The predicted octanol–water partition coefficient (Wildman–Crippen LogP) is 4.30. The van der Waals surface area contributed by atoms with Gasteiger partial charge in [0, 0.05) is 23.6 Å². The lowest BCUT2D eigenvalue weighted by Crippen LogP contribution is -2.10. The summed E-state index contributed by atoms with van der Waals surface area (Å²) >= 11 is 1.18. The van der Waals surface area contributed by atoms with Crippen molar-refractivity contribution in [2.75, 3.05) is 5.32 Å². The van der Waals surface area contributed by atoms with Crippen LogP contribution >= 0.6 is 11.3 Å². The number of benzene rings is 1. The molecular formula is C16H12F3N3O2S. The van der Waals surface area contributed by atoms with Crippen molar-refractivity contribution in [3.8, 4) is 0 Å². The van der Waals surface area contributed by atoms with Gasteiger partial charge in [0.2, 0.25) is 5.76 Å². The number of halogens is 3. The summed E-state index contributed by atoms with van der Waals surface area (Å²) in [5.74, 6) is -0.423. The van der Waals surface area contributed by atoms with Gasteiger partial charge in [-0.05, 0) is 18.6 Å². The summed E-state index contributed by atoms with van der Waals surface area (Å²) < 4.78 is 43.1. The molecule has 9 heteroatoms. The monoisotopic (exact) mass is 367 g/mol. The van der Waals surface area contributed by atoms with Crippen molar-refractivity contribution in [2.45, 2.75) is 19.5 Å². The third-order valence-electron chi connectivity index (χ3n) is 3.26. The van der Waals surface area contributed by atoms with Crippen LogP contribution in [0.2, 0.25) is 0 Å². The summed E-state index contributed by atoms with van der Waals surface area (Å²) in [7, 11) is 0. The second kappa shape index (κ2) is 6.67. The Kier molecular flexibility index (Phi) is 4.58. The van der Waals surface area contributed by atoms with Crippen LogP contribution in [0.25, 0.3) is 0 Å². The molecule has 25 heavy (non-hydrogen) atoms. The summed E-state index contributed by atoms with van der Waals surface area (Å²) in [5, 5.41) is 6.53. The molecule has 0 spiro atoms. The number of hydrogen-bond donors (Lipinski definition) is 1. The first-order valence-electron chi connectivity index (χ1n) is 7.17. The Balaban J connectivity index is 1.69. The normalized spacial score (nSPS) is 11.5. The summed E-state index contributed by atoms with van der Waals surface area (Å²) in [4.78, 5) is 16.7. The average molecular weight is 367 g/mol. The van der Waals surface area contributed by atoms with E-state index in [0.717, 1.165) is 17.0 Å². The number of rotatable bonds is 4. The fourth-order valence-electron chi connectivity index (χ4n) is 2.14. The molecule has 1 N–H and O–H groups in total. The molecule has 0 aliphatic carbocycles. The van der Waals surface area contributed by atoms with Gasteiger partial charge in [-0.3, -0.25) is 10.1 Å². The first kappa shape index (κ1) is 17.2. The minimum absolute atomic E-state index is 0.0622. The zero-order valence-corrected chi connectivity index (χ0v) is 13.7. The van der Waals surface area contributed by atoms with E-state index in [1.165, 1.54) is 29.7 Å². The Hall–Kier alpha value is -2.68.